The largest absolute Gasteiger partial charge is 0.388 e. The van der Waals surface area contributed by atoms with Gasteiger partial charge in [0.1, 0.15) is 5.69 Å². The van der Waals surface area contributed by atoms with Crippen molar-refractivity contribution in [1.82, 2.24) is 9.88 Å². The highest BCUT2D eigenvalue weighted by atomic mass is 16.3. The quantitative estimate of drug-likeness (QED) is 0.947. The Labute approximate surface area is 130 Å². The predicted octanol–water partition coefficient (Wildman–Crippen LogP) is 2.67. The number of rotatable bonds is 3. The van der Waals surface area contributed by atoms with Gasteiger partial charge in [-0.3, -0.25) is 9.78 Å². The zero-order valence-corrected chi connectivity index (χ0v) is 12.4. The van der Waals surface area contributed by atoms with E-state index in [1.165, 1.54) is 0 Å². The number of carbonyl (C=O) groups is 1. The molecule has 114 valence electrons. The van der Waals surface area contributed by atoms with Gasteiger partial charge in [0.2, 0.25) is 0 Å². The van der Waals surface area contributed by atoms with Gasteiger partial charge in [-0.2, -0.15) is 0 Å². The summed E-state index contributed by atoms with van der Waals surface area (Å²) in [7, 11) is 0. The molecule has 1 saturated heterocycles. The molecule has 1 atom stereocenters. The van der Waals surface area contributed by atoms with Crippen LogP contribution in [-0.2, 0) is 0 Å². The second kappa shape index (κ2) is 6.71. The number of aliphatic hydroxyl groups excluding tert-OH is 1. The first-order chi connectivity index (χ1) is 10.8. The number of nitrogens with zero attached hydrogens (tertiary/aromatic N) is 2. The van der Waals surface area contributed by atoms with Gasteiger partial charge in [0.15, 0.2) is 0 Å². The van der Waals surface area contributed by atoms with Crippen LogP contribution in [0.25, 0.3) is 0 Å². The third-order valence-corrected chi connectivity index (χ3v) is 4.30. The Bertz CT molecular complexity index is 607. The lowest BCUT2D eigenvalue weighted by atomic mass is 9.87. The third kappa shape index (κ3) is 3.17. The highest BCUT2D eigenvalue weighted by Gasteiger charge is 2.28. The molecule has 1 aliphatic rings. The molecule has 0 bridgehead atoms. The molecule has 2 heterocycles. The lowest BCUT2D eigenvalue weighted by molar-refractivity contribution is 0.0458. The number of aliphatic hydroxyl groups is 1. The summed E-state index contributed by atoms with van der Waals surface area (Å²) >= 11 is 0. The SMILES string of the molecule is O=C(c1ccccn1)N1CCC(C(O)c2ccccc2)CC1. The number of carbonyl (C=O) groups excluding carboxylic acids is 1. The van der Waals surface area contributed by atoms with Crippen molar-refractivity contribution in [1.29, 1.82) is 0 Å². The number of likely N-dealkylation sites (tertiary alicyclic amines) is 1. The Balaban J connectivity index is 1.60. The molecule has 1 aliphatic heterocycles. The Kier molecular flexibility index (Phi) is 4.49. The fourth-order valence-corrected chi connectivity index (χ4v) is 2.99. The molecule has 1 unspecified atom stereocenters. The molecule has 2 aromatic rings. The van der Waals surface area contributed by atoms with Crippen molar-refractivity contribution < 1.29 is 9.90 Å². The van der Waals surface area contributed by atoms with E-state index in [1.807, 2.05) is 41.3 Å². The molecule has 0 radical (unpaired) electrons. The van der Waals surface area contributed by atoms with E-state index in [1.54, 1.807) is 18.3 Å². The van der Waals surface area contributed by atoms with Crippen LogP contribution in [0.2, 0.25) is 0 Å². The van der Waals surface area contributed by atoms with Gasteiger partial charge in [-0.25, -0.2) is 0 Å². The summed E-state index contributed by atoms with van der Waals surface area (Å²) in [5.74, 6) is 0.184. The first-order valence-corrected chi connectivity index (χ1v) is 7.69. The van der Waals surface area contributed by atoms with Gasteiger partial charge in [0, 0.05) is 19.3 Å². The average molecular weight is 296 g/mol. The summed E-state index contributed by atoms with van der Waals surface area (Å²) in [4.78, 5) is 18.3. The number of aromatic nitrogens is 1. The molecular formula is C18H20N2O2. The second-order valence-electron chi connectivity index (χ2n) is 5.70. The van der Waals surface area contributed by atoms with E-state index in [4.69, 9.17) is 0 Å². The maximum atomic E-state index is 12.3. The van der Waals surface area contributed by atoms with Crippen LogP contribution in [0.1, 0.15) is 35.0 Å². The number of hydrogen-bond acceptors (Lipinski definition) is 3. The van der Waals surface area contributed by atoms with Crippen molar-refractivity contribution in [2.24, 2.45) is 5.92 Å². The molecule has 4 nitrogen and oxygen atoms in total. The van der Waals surface area contributed by atoms with E-state index in [0.717, 1.165) is 18.4 Å². The van der Waals surface area contributed by atoms with Gasteiger partial charge in [0.05, 0.1) is 6.10 Å². The summed E-state index contributed by atoms with van der Waals surface area (Å²) in [5.41, 5.74) is 1.45. The lowest BCUT2D eigenvalue weighted by Crippen LogP contribution is -2.40. The summed E-state index contributed by atoms with van der Waals surface area (Å²) < 4.78 is 0. The van der Waals surface area contributed by atoms with E-state index in [-0.39, 0.29) is 11.8 Å². The molecular weight excluding hydrogens is 276 g/mol. The van der Waals surface area contributed by atoms with Crippen molar-refractivity contribution >= 4 is 5.91 Å². The number of hydrogen-bond donors (Lipinski definition) is 1. The van der Waals surface area contributed by atoms with Gasteiger partial charge in [-0.1, -0.05) is 36.4 Å². The van der Waals surface area contributed by atoms with Gasteiger partial charge in [0.25, 0.3) is 5.91 Å². The van der Waals surface area contributed by atoms with E-state index in [2.05, 4.69) is 4.98 Å². The maximum Gasteiger partial charge on any atom is 0.272 e. The van der Waals surface area contributed by atoms with E-state index < -0.39 is 6.10 Å². The van der Waals surface area contributed by atoms with Gasteiger partial charge in [-0.15, -0.1) is 0 Å². The molecule has 0 aliphatic carbocycles. The molecule has 1 fully saturated rings. The summed E-state index contributed by atoms with van der Waals surface area (Å²) in [6.07, 6.45) is 2.82. The van der Waals surface area contributed by atoms with Crippen molar-refractivity contribution in [3.63, 3.8) is 0 Å². The monoisotopic (exact) mass is 296 g/mol. The second-order valence-corrected chi connectivity index (χ2v) is 5.70. The fourth-order valence-electron chi connectivity index (χ4n) is 2.99. The van der Waals surface area contributed by atoms with Crippen LogP contribution in [-0.4, -0.2) is 34.0 Å². The Morgan fingerprint density at radius 3 is 2.41 bits per heavy atom. The topological polar surface area (TPSA) is 53.4 Å². The third-order valence-electron chi connectivity index (χ3n) is 4.30. The van der Waals surface area contributed by atoms with Crippen molar-refractivity contribution in [2.75, 3.05) is 13.1 Å². The van der Waals surface area contributed by atoms with E-state index >= 15 is 0 Å². The first-order valence-electron chi connectivity index (χ1n) is 7.69. The van der Waals surface area contributed by atoms with Crippen molar-refractivity contribution in [3.05, 3.63) is 66.0 Å². The number of amides is 1. The van der Waals surface area contributed by atoms with E-state index in [9.17, 15) is 9.90 Å². The Hall–Kier alpha value is -2.20. The molecule has 0 saturated carbocycles. The Morgan fingerprint density at radius 1 is 1.09 bits per heavy atom. The molecule has 22 heavy (non-hydrogen) atoms. The molecule has 3 rings (SSSR count). The summed E-state index contributed by atoms with van der Waals surface area (Å²) in [6, 6.07) is 15.1. The van der Waals surface area contributed by atoms with Gasteiger partial charge in [-0.05, 0) is 36.5 Å². The molecule has 1 amide bonds. The number of pyridine rings is 1. The number of benzene rings is 1. The minimum Gasteiger partial charge on any atom is -0.388 e. The average Bonchev–Trinajstić information content (AvgIpc) is 2.62. The van der Waals surface area contributed by atoms with E-state index in [0.29, 0.717) is 18.8 Å². The van der Waals surface area contributed by atoms with Crippen LogP contribution in [0.5, 0.6) is 0 Å². The first kappa shape index (κ1) is 14.7. The maximum absolute atomic E-state index is 12.3. The fraction of sp³-hybridized carbons (Fsp3) is 0.333. The minimum absolute atomic E-state index is 0.0201. The van der Waals surface area contributed by atoms with Gasteiger partial charge < -0.3 is 10.0 Å². The highest BCUT2D eigenvalue weighted by molar-refractivity contribution is 5.92. The van der Waals surface area contributed by atoms with Crippen LogP contribution in [0, 0.1) is 5.92 Å². The normalized spacial score (nSPS) is 17.2. The van der Waals surface area contributed by atoms with Crippen LogP contribution in [0.4, 0.5) is 0 Å². The molecule has 1 aromatic carbocycles. The molecule has 1 N–H and O–H groups in total. The standard InChI is InChI=1S/C18H20N2O2/c21-17(14-6-2-1-3-7-14)15-9-12-20(13-10-15)18(22)16-8-4-5-11-19-16/h1-8,11,15,17,21H,9-10,12-13H2. The summed E-state index contributed by atoms with van der Waals surface area (Å²) in [5, 5.41) is 10.5. The molecule has 4 heteroatoms. The lowest BCUT2D eigenvalue weighted by Gasteiger charge is -2.34. The smallest absolute Gasteiger partial charge is 0.272 e. The number of piperidine rings is 1. The molecule has 1 aromatic heterocycles. The van der Waals surface area contributed by atoms with Crippen molar-refractivity contribution in [2.45, 2.75) is 18.9 Å². The van der Waals surface area contributed by atoms with Crippen molar-refractivity contribution in [3.8, 4) is 0 Å². The zero-order chi connectivity index (χ0) is 15.4. The van der Waals surface area contributed by atoms with Crippen LogP contribution >= 0.6 is 0 Å². The highest BCUT2D eigenvalue weighted by Crippen LogP contribution is 2.30. The Morgan fingerprint density at radius 2 is 1.77 bits per heavy atom. The molecule has 0 spiro atoms. The van der Waals surface area contributed by atoms with Crippen LogP contribution in [0.15, 0.2) is 54.7 Å². The van der Waals surface area contributed by atoms with Gasteiger partial charge >= 0.3 is 0 Å². The minimum atomic E-state index is -0.451. The van der Waals surface area contributed by atoms with Crippen LogP contribution < -0.4 is 0 Å². The predicted molar refractivity (Wildman–Crippen MR) is 84.3 cm³/mol. The zero-order valence-electron chi connectivity index (χ0n) is 12.4. The van der Waals surface area contributed by atoms with Crippen LogP contribution in [0.3, 0.4) is 0 Å². The summed E-state index contributed by atoms with van der Waals surface area (Å²) in [6.45, 7) is 1.34.